The van der Waals surface area contributed by atoms with Crippen LogP contribution in [-0.2, 0) is 16.8 Å². The molecule has 110 valence electrons. The van der Waals surface area contributed by atoms with Crippen LogP contribution in [0.4, 0.5) is 0 Å². The maximum Gasteiger partial charge on any atom is 0.254 e. The van der Waals surface area contributed by atoms with E-state index in [9.17, 15) is 9.00 Å². The van der Waals surface area contributed by atoms with Gasteiger partial charge >= 0.3 is 0 Å². The molecule has 0 saturated carbocycles. The number of carbonyl (C=O) groups excluding carboxylic acids is 1. The van der Waals surface area contributed by atoms with Gasteiger partial charge < -0.3 is 14.4 Å². The highest BCUT2D eigenvalue weighted by molar-refractivity contribution is 9.10. The number of rotatable bonds is 3. The van der Waals surface area contributed by atoms with E-state index in [4.69, 9.17) is 4.55 Å². The van der Waals surface area contributed by atoms with Crippen LogP contribution in [0.3, 0.4) is 0 Å². The molecule has 0 radical (unpaired) electrons. The molecule has 1 atom stereocenters. The summed E-state index contributed by atoms with van der Waals surface area (Å²) in [6.45, 7) is 3.08. The largest absolute Gasteiger partial charge is 0.336 e. The Kier molecular flexibility index (Phi) is 5.31. The number of carbonyl (C=O) groups is 1. The predicted octanol–water partition coefficient (Wildman–Crippen LogP) is 1.56. The van der Waals surface area contributed by atoms with Crippen molar-refractivity contribution in [2.24, 2.45) is 0 Å². The van der Waals surface area contributed by atoms with Crippen LogP contribution in [0.2, 0.25) is 0 Å². The summed E-state index contributed by atoms with van der Waals surface area (Å²) in [5.74, 6) is -0.0973. The van der Waals surface area contributed by atoms with Crippen LogP contribution in [0.1, 0.15) is 15.9 Å². The molecule has 1 amide bonds. The van der Waals surface area contributed by atoms with Crippen molar-refractivity contribution < 1.29 is 13.6 Å². The monoisotopic (exact) mass is 360 g/mol. The number of nitrogens with zero attached hydrogens (tertiary/aromatic N) is 2. The first-order chi connectivity index (χ1) is 9.47. The molecule has 1 saturated heterocycles. The standard InChI is InChI=1S/C13H17BrN2O3S/c1-15-4-6-16(7-5-15)13(17)12-3-2-11(14)8-10(12)9-20(18)19/h2-3,8H,4-7,9H2,1H3,(H,18,19). The molecular formula is C13H17BrN2O3S. The van der Waals surface area contributed by atoms with Crippen molar-refractivity contribution in [2.45, 2.75) is 5.75 Å². The summed E-state index contributed by atoms with van der Waals surface area (Å²) >= 11 is 1.36. The fourth-order valence-corrected chi connectivity index (χ4v) is 3.12. The minimum absolute atomic E-state index is 0.0335. The quantitative estimate of drug-likeness (QED) is 0.831. The SMILES string of the molecule is CN1CCN(C(=O)c2ccc(Br)cc2CS(=O)O)CC1. The van der Waals surface area contributed by atoms with Gasteiger partial charge in [-0.25, -0.2) is 4.21 Å². The van der Waals surface area contributed by atoms with Crippen LogP contribution in [-0.4, -0.2) is 57.7 Å². The number of piperazine rings is 1. The first-order valence-electron chi connectivity index (χ1n) is 6.31. The van der Waals surface area contributed by atoms with Crippen molar-refractivity contribution >= 4 is 32.9 Å². The molecule has 5 nitrogen and oxygen atoms in total. The zero-order chi connectivity index (χ0) is 14.7. The van der Waals surface area contributed by atoms with Gasteiger partial charge in [0, 0.05) is 36.2 Å². The van der Waals surface area contributed by atoms with E-state index in [2.05, 4.69) is 20.8 Å². The third-order valence-electron chi connectivity index (χ3n) is 3.37. The van der Waals surface area contributed by atoms with E-state index >= 15 is 0 Å². The second-order valence-electron chi connectivity index (χ2n) is 4.86. The van der Waals surface area contributed by atoms with Gasteiger partial charge in [0.2, 0.25) is 0 Å². The first-order valence-corrected chi connectivity index (χ1v) is 8.38. The van der Waals surface area contributed by atoms with Gasteiger partial charge in [-0.15, -0.1) is 0 Å². The molecular weight excluding hydrogens is 344 g/mol. The van der Waals surface area contributed by atoms with Crippen molar-refractivity contribution in [2.75, 3.05) is 33.2 Å². The molecule has 1 heterocycles. The van der Waals surface area contributed by atoms with Crippen LogP contribution in [0, 0.1) is 0 Å². The molecule has 1 unspecified atom stereocenters. The topological polar surface area (TPSA) is 60.9 Å². The van der Waals surface area contributed by atoms with Crippen LogP contribution < -0.4 is 0 Å². The molecule has 1 N–H and O–H groups in total. The lowest BCUT2D eigenvalue weighted by Gasteiger charge is -2.32. The zero-order valence-electron chi connectivity index (χ0n) is 11.2. The Balaban J connectivity index is 2.22. The third kappa shape index (κ3) is 3.88. The predicted molar refractivity (Wildman–Crippen MR) is 82.0 cm³/mol. The van der Waals surface area contributed by atoms with E-state index in [1.807, 2.05) is 7.05 Å². The van der Waals surface area contributed by atoms with E-state index < -0.39 is 11.1 Å². The van der Waals surface area contributed by atoms with E-state index in [0.717, 1.165) is 17.6 Å². The molecule has 1 aromatic carbocycles. The van der Waals surface area contributed by atoms with Crippen molar-refractivity contribution in [1.29, 1.82) is 0 Å². The minimum Gasteiger partial charge on any atom is -0.336 e. The lowest BCUT2D eigenvalue weighted by atomic mass is 10.1. The molecule has 1 aliphatic rings. The summed E-state index contributed by atoms with van der Waals surface area (Å²) in [6.07, 6.45) is 0. The maximum absolute atomic E-state index is 12.5. The van der Waals surface area contributed by atoms with Crippen LogP contribution >= 0.6 is 15.9 Å². The highest BCUT2D eigenvalue weighted by atomic mass is 79.9. The summed E-state index contributed by atoms with van der Waals surface area (Å²) < 4.78 is 20.9. The van der Waals surface area contributed by atoms with Gasteiger partial charge in [-0.05, 0) is 30.8 Å². The molecule has 7 heteroatoms. The Morgan fingerprint density at radius 1 is 1.35 bits per heavy atom. The first kappa shape index (κ1) is 15.6. The van der Waals surface area contributed by atoms with Crippen LogP contribution in [0.15, 0.2) is 22.7 Å². The Hall–Kier alpha value is -0.760. The number of hydrogen-bond donors (Lipinski definition) is 1. The van der Waals surface area contributed by atoms with Crippen molar-refractivity contribution in [3.63, 3.8) is 0 Å². The second kappa shape index (κ2) is 6.80. The Labute approximate surface area is 129 Å². The Bertz CT molecular complexity index is 530. The van der Waals surface area contributed by atoms with E-state index in [1.54, 1.807) is 23.1 Å². The van der Waals surface area contributed by atoms with Gasteiger partial charge in [0.15, 0.2) is 11.1 Å². The molecule has 0 spiro atoms. The molecule has 20 heavy (non-hydrogen) atoms. The van der Waals surface area contributed by atoms with Gasteiger partial charge in [0.1, 0.15) is 0 Å². The van der Waals surface area contributed by atoms with Crippen LogP contribution in [0.25, 0.3) is 0 Å². The lowest BCUT2D eigenvalue weighted by Crippen LogP contribution is -2.47. The number of benzene rings is 1. The summed E-state index contributed by atoms with van der Waals surface area (Å²) in [6, 6.07) is 5.23. The highest BCUT2D eigenvalue weighted by Crippen LogP contribution is 2.20. The Morgan fingerprint density at radius 3 is 2.60 bits per heavy atom. The van der Waals surface area contributed by atoms with Gasteiger partial charge in [0.25, 0.3) is 5.91 Å². The van der Waals surface area contributed by atoms with E-state index in [0.29, 0.717) is 24.2 Å². The van der Waals surface area contributed by atoms with Gasteiger partial charge in [0.05, 0.1) is 5.75 Å². The third-order valence-corrected chi connectivity index (χ3v) is 4.42. The normalized spacial score (nSPS) is 18.1. The van der Waals surface area contributed by atoms with E-state index in [1.165, 1.54) is 0 Å². The van der Waals surface area contributed by atoms with Gasteiger partial charge in [-0.3, -0.25) is 4.79 Å². The van der Waals surface area contributed by atoms with Crippen molar-refractivity contribution in [3.8, 4) is 0 Å². The number of likely N-dealkylation sites (N-methyl/N-ethyl adjacent to an activating group) is 1. The summed E-state index contributed by atoms with van der Waals surface area (Å²) in [5, 5.41) is 0. The fourth-order valence-electron chi connectivity index (χ4n) is 2.20. The molecule has 2 rings (SSSR count). The maximum atomic E-state index is 12.5. The van der Waals surface area contributed by atoms with Crippen molar-refractivity contribution in [1.82, 2.24) is 9.80 Å². The van der Waals surface area contributed by atoms with Crippen molar-refractivity contribution in [3.05, 3.63) is 33.8 Å². The summed E-state index contributed by atoms with van der Waals surface area (Å²) in [5.41, 5.74) is 1.12. The minimum atomic E-state index is -1.96. The summed E-state index contributed by atoms with van der Waals surface area (Å²) in [7, 11) is 2.03. The average molecular weight is 361 g/mol. The molecule has 0 aromatic heterocycles. The molecule has 0 aliphatic carbocycles. The lowest BCUT2D eigenvalue weighted by molar-refractivity contribution is 0.0663. The zero-order valence-corrected chi connectivity index (χ0v) is 13.6. The smallest absolute Gasteiger partial charge is 0.254 e. The molecule has 0 bridgehead atoms. The number of amides is 1. The number of halogens is 1. The van der Waals surface area contributed by atoms with Gasteiger partial charge in [-0.1, -0.05) is 15.9 Å². The Morgan fingerprint density at radius 2 is 2.00 bits per heavy atom. The number of hydrogen-bond acceptors (Lipinski definition) is 3. The van der Waals surface area contributed by atoms with Crippen LogP contribution in [0.5, 0.6) is 0 Å². The highest BCUT2D eigenvalue weighted by Gasteiger charge is 2.22. The molecule has 1 aliphatic heterocycles. The van der Waals surface area contributed by atoms with Gasteiger partial charge in [-0.2, -0.15) is 0 Å². The fraction of sp³-hybridized carbons (Fsp3) is 0.462. The second-order valence-corrected chi connectivity index (χ2v) is 6.71. The summed E-state index contributed by atoms with van der Waals surface area (Å²) in [4.78, 5) is 16.5. The molecule has 1 fully saturated rings. The van der Waals surface area contributed by atoms with E-state index in [-0.39, 0.29) is 11.7 Å². The average Bonchev–Trinajstić information content (AvgIpc) is 2.38. The molecule has 1 aromatic rings.